The van der Waals surface area contributed by atoms with E-state index in [9.17, 15) is 18.3 Å². The fourth-order valence-electron chi connectivity index (χ4n) is 1.55. The standard InChI is InChI=1S/C10H9F3O2/c11-10(12,13)6-1-2-9-7(5-6)8(14)3-4-15-9/h1-2,5,8,14H,3-4H2. The van der Waals surface area contributed by atoms with Gasteiger partial charge in [0.05, 0.1) is 18.3 Å². The summed E-state index contributed by atoms with van der Waals surface area (Å²) in [5.41, 5.74) is -0.540. The zero-order valence-corrected chi connectivity index (χ0v) is 7.71. The minimum absolute atomic E-state index is 0.219. The van der Waals surface area contributed by atoms with E-state index in [0.717, 1.165) is 12.1 Å². The Kier molecular flexibility index (Phi) is 2.34. The molecule has 82 valence electrons. The first-order valence-corrected chi connectivity index (χ1v) is 4.50. The first-order chi connectivity index (χ1) is 6.98. The second kappa shape index (κ2) is 3.41. The molecular formula is C10H9F3O2. The zero-order valence-electron chi connectivity index (χ0n) is 7.71. The molecule has 1 aliphatic rings. The fourth-order valence-corrected chi connectivity index (χ4v) is 1.55. The lowest BCUT2D eigenvalue weighted by molar-refractivity contribution is -0.137. The molecule has 0 radical (unpaired) electrons. The van der Waals surface area contributed by atoms with Crippen molar-refractivity contribution in [3.8, 4) is 5.75 Å². The van der Waals surface area contributed by atoms with E-state index in [-0.39, 0.29) is 5.56 Å². The van der Waals surface area contributed by atoms with Crippen LogP contribution in [0.4, 0.5) is 13.2 Å². The Morgan fingerprint density at radius 3 is 2.73 bits per heavy atom. The number of fused-ring (bicyclic) bond motifs is 1. The quantitative estimate of drug-likeness (QED) is 0.725. The average molecular weight is 218 g/mol. The lowest BCUT2D eigenvalue weighted by Gasteiger charge is -2.23. The molecule has 15 heavy (non-hydrogen) atoms. The first kappa shape index (κ1) is 10.3. The van der Waals surface area contributed by atoms with Gasteiger partial charge in [0, 0.05) is 12.0 Å². The fraction of sp³-hybridized carbons (Fsp3) is 0.400. The highest BCUT2D eigenvalue weighted by molar-refractivity contribution is 5.40. The number of benzene rings is 1. The van der Waals surface area contributed by atoms with Gasteiger partial charge in [-0.25, -0.2) is 0 Å². The molecular weight excluding hydrogens is 209 g/mol. The maximum Gasteiger partial charge on any atom is 0.416 e. The summed E-state index contributed by atoms with van der Waals surface area (Å²) in [5, 5.41) is 9.50. The predicted molar refractivity (Wildman–Crippen MR) is 46.5 cm³/mol. The van der Waals surface area contributed by atoms with Crippen molar-refractivity contribution in [3.05, 3.63) is 29.3 Å². The normalized spacial score (nSPS) is 20.7. The van der Waals surface area contributed by atoms with Crippen LogP contribution in [0.15, 0.2) is 18.2 Å². The van der Waals surface area contributed by atoms with Crippen molar-refractivity contribution in [3.63, 3.8) is 0 Å². The molecule has 0 bridgehead atoms. The summed E-state index contributed by atoms with van der Waals surface area (Å²) in [4.78, 5) is 0. The lowest BCUT2D eigenvalue weighted by atomic mass is 10.0. The van der Waals surface area contributed by atoms with Gasteiger partial charge in [-0.1, -0.05) is 0 Å². The van der Waals surface area contributed by atoms with Crippen molar-refractivity contribution in [2.75, 3.05) is 6.61 Å². The van der Waals surface area contributed by atoms with Crippen molar-refractivity contribution in [2.45, 2.75) is 18.7 Å². The van der Waals surface area contributed by atoms with Gasteiger partial charge < -0.3 is 9.84 Å². The Balaban J connectivity index is 2.44. The van der Waals surface area contributed by atoms with Gasteiger partial charge in [0.1, 0.15) is 5.75 Å². The molecule has 2 rings (SSSR count). The molecule has 0 fully saturated rings. The van der Waals surface area contributed by atoms with Crippen molar-refractivity contribution < 1.29 is 23.0 Å². The monoisotopic (exact) mass is 218 g/mol. The van der Waals surface area contributed by atoms with E-state index >= 15 is 0 Å². The number of halogens is 3. The molecule has 1 atom stereocenters. The molecule has 0 saturated heterocycles. The Morgan fingerprint density at radius 2 is 2.07 bits per heavy atom. The lowest BCUT2D eigenvalue weighted by Crippen LogP contribution is -2.15. The summed E-state index contributed by atoms with van der Waals surface area (Å²) in [6.07, 6.45) is -4.92. The van der Waals surface area contributed by atoms with Crippen LogP contribution in [0.25, 0.3) is 0 Å². The van der Waals surface area contributed by atoms with E-state index in [1.54, 1.807) is 0 Å². The van der Waals surface area contributed by atoms with E-state index < -0.39 is 17.8 Å². The van der Waals surface area contributed by atoms with E-state index in [2.05, 4.69) is 0 Å². The number of aliphatic hydroxyl groups is 1. The van der Waals surface area contributed by atoms with Crippen LogP contribution in [-0.2, 0) is 6.18 Å². The number of ether oxygens (including phenoxy) is 1. The third kappa shape index (κ3) is 1.92. The van der Waals surface area contributed by atoms with E-state index in [4.69, 9.17) is 4.74 Å². The van der Waals surface area contributed by atoms with Gasteiger partial charge in [-0.2, -0.15) is 13.2 Å². The summed E-state index contributed by atoms with van der Waals surface area (Å²) in [6.45, 7) is 0.333. The van der Waals surface area contributed by atoms with Gasteiger partial charge in [0.15, 0.2) is 0 Å². The van der Waals surface area contributed by atoms with E-state index in [0.29, 0.717) is 18.8 Å². The van der Waals surface area contributed by atoms with Crippen LogP contribution in [0.2, 0.25) is 0 Å². The Hall–Kier alpha value is -1.23. The van der Waals surface area contributed by atoms with Crippen LogP contribution in [0.1, 0.15) is 23.7 Å². The molecule has 1 heterocycles. The second-order valence-corrected chi connectivity index (χ2v) is 3.40. The highest BCUT2D eigenvalue weighted by Crippen LogP contribution is 2.37. The van der Waals surface area contributed by atoms with Crippen LogP contribution in [0, 0.1) is 0 Å². The van der Waals surface area contributed by atoms with Crippen molar-refractivity contribution in [1.29, 1.82) is 0 Å². The Labute approximate surface area is 84.3 Å². The molecule has 1 aromatic carbocycles. The third-order valence-electron chi connectivity index (χ3n) is 2.34. The average Bonchev–Trinajstić information content (AvgIpc) is 2.16. The van der Waals surface area contributed by atoms with Gasteiger partial charge in [0.25, 0.3) is 0 Å². The Bertz CT molecular complexity index is 373. The number of hydrogen-bond donors (Lipinski definition) is 1. The largest absolute Gasteiger partial charge is 0.493 e. The molecule has 0 aromatic heterocycles. The molecule has 1 aromatic rings. The molecule has 5 heteroatoms. The summed E-state index contributed by atoms with van der Waals surface area (Å²) in [7, 11) is 0. The number of rotatable bonds is 0. The van der Waals surface area contributed by atoms with Crippen molar-refractivity contribution >= 4 is 0 Å². The van der Waals surface area contributed by atoms with Crippen LogP contribution in [-0.4, -0.2) is 11.7 Å². The molecule has 1 N–H and O–H groups in total. The molecule has 0 amide bonds. The van der Waals surface area contributed by atoms with Gasteiger partial charge in [-0.3, -0.25) is 0 Å². The van der Waals surface area contributed by atoms with E-state index in [1.807, 2.05) is 0 Å². The maximum absolute atomic E-state index is 12.4. The zero-order chi connectivity index (χ0) is 11.1. The van der Waals surface area contributed by atoms with Crippen LogP contribution in [0.5, 0.6) is 5.75 Å². The second-order valence-electron chi connectivity index (χ2n) is 3.40. The number of alkyl halides is 3. The Morgan fingerprint density at radius 1 is 1.33 bits per heavy atom. The minimum atomic E-state index is -4.38. The third-order valence-corrected chi connectivity index (χ3v) is 2.34. The molecule has 2 nitrogen and oxygen atoms in total. The molecule has 0 spiro atoms. The van der Waals surface area contributed by atoms with Crippen LogP contribution < -0.4 is 4.74 Å². The van der Waals surface area contributed by atoms with E-state index in [1.165, 1.54) is 6.07 Å². The highest BCUT2D eigenvalue weighted by Gasteiger charge is 2.32. The molecule has 0 aliphatic carbocycles. The predicted octanol–water partition coefficient (Wildman–Crippen LogP) is 2.52. The van der Waals surface area contributed by atoms with Crippen LogP contribution in [0.3, 0.4) is 0 Å². The van der Waals surface area contributed by atoms with Gasteiger partial charge in [-0.05, 0) is 18.2 Å². The summed E-state index contributed by atoms with van der Waals surface area (Å²) in [5.74, 6) is 0.335. The van der Waals surface area contributed by atoms with Gasteiger partial charge >= 0.3 is 6.18 Å². The number of hydrogen-bond acceptors (Lipinski definition) is 2. The van der Waals surface area contributed by atoms with Gasteiger partial charge in [-0.15, -0.1) is 0 Å². The summed E-state index contributed by atoms with van der Waals surface area (Å²) < 4.78 is 42.2. The maximum atomic E-state index is 12.4. The van der Waals surface area contributed by atoms with Crippen molar-refractivity contribution in [1.82, 2.24) is 0 Å². The van der Waals surface area contributed by atoms with Crippen molar-refractivity contribution in [2.24, 2.45) is 0 Å². The summed E-state index contributed by atoms with van der Waals surface area (Å²) >= 11 is 0. The first-order valence-electron chi connectivity index (χ1n) is 4.50. The van der Waals surface area contributed by atoms with Crippen LogP contribution >= 0.6 is 0 Å². The smallest absolute Gasteiger partial charge is 0.416 e. The topological polar surface area (TPSA) is 29.5 Å². The summed E-state index contributed by atoms with van der Waals surface area (Å²) in [6, 6.07) is 3.15. The molecule has 0 saturated carbocycles. The number of aliphatic hydroxyl groups excluding tert-OH is 1. The highest BCUT2D eigenvalue weighted by atomic mass is 19.4. The molecule has 1 aliphatic heterocycles. The SMILES string of the molecule is OC1CCOc2ccc(C(F)(F)F)cc21. The molecule has 1 unspecified atom stereocenters. The van der Waals surface area contributed by atoms with Gasteiger partial charge in [0.2, 0.25) is 0 Å². The minimum Gasteiger partial charge on any atom is -0.493 e.